The SMILES string of the molecule is COC(=O)NC(C(=O)N1CCC[C@H]1c1ncc(-c2cc(F)c3c(c2)OC(c2ccc(C(C)C)s2)n2c-3cc3cc(-c4cnc([C@@H]5CCCN5C(=O)[C@@H](NC(=O)OC)C(C)C)[nH]4)ccc32)[nH]1)C1C[C@@H](C)O[C@@H](C)C1. The van der Waals surface area contributed by atoms with Crippen LogP contribution in [0.25, 0.3) is 44.7 Å². The Hall–Kier alpha value is -6.73. The van der Waals surface area contributed by atoms with Crippen LogP contribution in [0.3, 0.4) is 0 Å². The van der Waals surface area contributed by atoms with E-state index in [4.69, 9.17) is 28.9 Å². The van der Waals surface area contributed by atoms with Crippen LogP contribution in [0.5, 0.6) is 5.75 Å². The van der Waals surface area contributed by atoms with Crippen molar-refractivity contribution in [3.05, 3.63) is 88.1 Å². The maximum absolute atomic E-state index is 17.1. The lowest BCUT2D eigenvalue weighted by Crippen LogP contribution is -2.54. The number of hydrogen-bond acceptors (Lipinski definition) is 11. The van der Waals surface area contributed by atoms with Gasteiger partial charge in [0.25, 0.3) is 0 Å². The molecule has 10 rings (SSSR count). The minimum absolute atomic E-state index is 0.0672. The average molecular weight is 1020 g/mol. The largest absolute Gasteiger partial charge is 0.464 e. The van der Waals surface area contributed by atoms with Gasteiger partial charge in [0.1, 0.15) is 35.3 Å². The number of nitrogens with one attached hydrogen (secondary N) is 4. The summed E-state index contributed by atoms with van der Waals surface area (Å²) >= 11 is 1.67. The highest BCUT2D eigenvalue weighted by atomic mass is 32.1. The Morgan fingerprint density at radius 2 is 1.42 bits per heavy atom. The molecule has 8 heterocycles. The number of thiophene rings is 1. The highest BCUT2D eigenvalue weighted by Gasteiger charge is 2.43. The number of aromatic nitrogens is 5. The maximum Gasteiger partial charge on any atom is 0.407 e. The lowest BCUT2D eigenvalue weighted by Gasteiger charge is -2.38. The fraction of sp³-hybridized carbons (Fsp3) is 0.481. The maximum atomic E-state index is 17.1. The molecule has 8 atom stereocenters. The normalized spacial score (nSPS) is 22.5. The number of benzene rings is 2. The standard InChI is InChI=1S/C54H64FN9O8S/c1-27(2)43-15-16-44(73-43)52-64-38-14-13-31(36-25-56-48(58-36)39-11-9-17-62(39)50(65)46(28(3)4)60-53(67)69-7)21-33(38)23-41(64)45-35(55)22-32(24-42(45)72-52)37-26-57-49(59-37)40-12-10-18-63(40)51(66)47(61-54(68)70-8)34-19-29(5)71-30(6)20-34/h13-16,21-30,34,39-40,46-47,52H,9-12,17-20H2,1-8H3,(H,56,58)(H,57,59)(H,60,67)(H,61,68)/t29-,30+,34?,39-,40-,46-,47?,52?/m0/s1. The summed E-state index contributed by atoms with van der Waals surface area (Å²) in [6, 6.07) is 13.4. The van der Waals surface area contributed by atoms with Gasteiger partial charge in [-0.15, -0.1) is 11.3 Å². The molecule has 4 aliphatic rings. The summed E-state index contributed by atoms with van der Waals surface area (Å²) in [7, 11) is 2.57. The minimum atomic E-state index is -0.800. The van der Waals surface area contributed by atoms with Gasteiger partial charge in [0, 0.05) is 34.5 Å². The van der Waals surface area contributed by atoms with Gasteiger partial charge < -0.3 is 49.3 Å². The van der Waals surface area contributed by atoms with Gasteiger partial charge >= 0.3 is 12.2 Å². The van der Waals surface area contributed by atoms with Gasteiger partial charge in [0.2, 0.25) is 18.0 Å². The van der Waals surface area contributed by atoms with Crippen LogP contribution in [0.1, 0.15) is 126 Å². The Kier molecular flexibility index (Phi) is 13.9. The van der Waals surface area contributed by atoms with Crippen LogP contribution in [-0.2, 0) is 23.8 Å². The van der Waals surface area contributed by atoms with Gasteiger partial charge in [-0.3, -0.25) is 14.2 Å². The highest BCUT2D eigenvalue weighted by molar-refractivity contribution is 7.12. The predicted molar refractivity (Wildman–Crippen MR) is 273 cm³/mol. The van der Waals surface area contributed by atoms with E-state index < -0.39 is 36.3 Å². The number of aromatic amines is 2. The molecule has 4 aromatic heterocycles. The second-order valence-electron chi connectivity index (χ2n) is 20.6. The number of likely N-dealkylation sites (tertiary alicyclic amines) is 2. The number of amides is 4. The molecular weight excluding hydrogens is 954 g/mol. The molecule has 0 saturated carbocycles. The third-order valence-corrected chi connectivity index (χ3v) is 16.3. The summed E-state index contributed by atoms with van der Waals surface area (Å²) in [5.74, 6) is 0.774. The van der Waals surface area contributed by atoms with E-state index in [1.807, 2.05) is 52.0 Å². The summed E-state index contributed by atoms with van der Waals surface area (Å²) in [4.78, 5) is 75.3. The number of nitrogens with zero attached hydrogens (tertiary/aromatic N) is 5. The molecule has 0 radical (unpaired) electrons. The van der Waals surface area contributed by atoms with Gasteiger partial charge in [-0.05, 0) is 113 Å². The van der Waals surface area contributed by atoms with Crippen molar-refractivity contribution in [1.29, 1.82) is 0 Å². The molecule has 4 amide bonds. The van der Waals surface area contributed by atoms with Crippen LogP contribution in [-0.4, -0.2) is 110 Å². The topological polar surface area (TPSA) is 198 Å². The van der Waals surface area contributed by atoms with Gasteiger partial charge in [0.05, 0.1) is 83.9 Å². The summed E-state index contributed by atoms with van der Waals surface area (Å²) in [6.07, 6.45) is 5.56. The Morgan fingerprint density at radius 3 is 2.04 bits per heavy atom. The second kappa shape index (κ2) is 20.3. The lowest BCUT2D eigenvalue weighted by molar-refractivity contribution is -0.138. The first kappa shape index (κ1) is 49.8. The molecule has 0 aliphatic carbocycles. The Balaban J connectivity index is 0.953. The molecular formula is C54H64FN9O8S. The van der Waals surface area contributed by atoms with Crippen molar-refractivity contribution < 1.29 is 42.5 Å². The number of ether oxygens (including phenoxy) is 4. The van der Waals surface area contributed by atoms with Crippen LogP contribution in [0.15, 0.2) is 60.9 Å². The number of halogens is 1. The molecule has 3 unspecified atom stereocenters. The summed E-state index contributed by atoms with van der Waals surface area (Å²) < 4.78 is 41.8. The summed E-state index contributed by atoms with van der Waals surface area (Å²) in [6.45, 7) is 13.1. The van der Waals surface area contributed by atoms with Gasteiger partial charge in [-0.1, -0.05) is 33.8 Å². The first-order valence-electron chi connectivity index (χ1n) is 25.4. The minimum Gasteiger partial charge on any atom is -0.464 e. The van der Waals surface area contributed by atoms with E-state index in [0.717, 1.165) is 46.3 Å². The molecule has 6 aromatic rings. The lowest BCUT2D eigenvalue weighted by atomic mass is 9.85. The van der Waals surface area contributed by atoms with Gasteiger partial charge in [-0.25, -0.2) is 23.9 Å². The van der Waals surface area contributed by atoms with Crippen LogP contribution >= 0.6 is 11.3 Å². The van der Waals surface area contributed by atoms with Crippen molar-refractivity contribution in [2.45, 2.75) is 129 Å². The summed E-state index contributed by atoms with van der Waals surface area (Å²) in [5, 5.41) is 6.43. The molecule has 3 saturated heterocycles. The van der Waals surface area contributed by atoms with Crippen molar-refractivity contribution >= 4 is 46.2 Å². The zero-order valence-corrected chi connectivity index (χ0v) is 43.3. The first-order valence-corrected chi connectivity index (χ1v) is 26.2. The van der Waals surface area contributed by atoms with Gasteiger partial charge in [-0.2, -0.15) is 0 Å². The van der Waals surface area contributed by atoms with Crippen molar-refractivity contribution in [2.24, 2.45) is 11.8 Å². The van der Waals surface area contributed by atoms with E-state index in [0.29, 0.717) is 78.2 Å². The van der Waals surface area contributed by atoms with Crippen LogP contribution < -0.4 is 15.4 Å². The molecule has 2 aromatic carbocycles. The van der Waals surface area contributed by atoms with E-state index in [1.54, 1.807) is 33.5 Å². The quantitative estimate of drug-likeness (QED) is 0.0915. The third-order valence-electron chi connectivity index (χ3n) is 14.9. The van der Waals surface area contributed by atoms with E-state index in [2.05, 4.69) is 57.2 Å². The van der Waals surface area contributed by atoms with E-state index in [-0.39, 0.29) is 47.9 Å². The zero-order chi connectivity index (χ0) is 51.4. The average Bonchev–Trinajstić information content (AvgIpc) is 4.23. The molecule has 4 N–H and O–H groups in total. The summed E-state index contributed by atoms with van der Waals surface area (Å²) in [5.41, 5.74) is 4.61. The van der Waals surface area contributed by atoms with Crippen LogP contribution in [0, 0.1) is 17.7 Å². The number of fused-ring (bicyclic) bond motifs is 5. The Bertz CT molecular complexity index is 3040. The molecule has 3 fully saturated rings. The number of hydrogen-bond donors (Lipinski definition) is 4. The molecule has 0 bridgehead atoms. The van der Waals surface area contributed by atoms with Crippen molar-refractivity contribution in [3.8, 4) is 39.5 Å². The Morgan fingerprint density at radius 1 is 0.795 bits per heavy atom. The van der Waals surface area contributed by atoms with Crippen molar-refractivity contribution in [2.75, 3.05) is 27.3 Å². The van der Waals surface area contributed by atoms with Crippen LogP contribution in [0.2, 0.25) is 0 Å². The number of alkyl carbamates (subject to hydrolysis) is 2. The number of rotatable bonds is 12. The second-order valence-corrected chi connectivity index (χ2v) is 21.7. The molecule has 73 heavy (non-hydrogen) atoms. The molecule has 4 aliphatic heterocycles. The predicted octanol–water partition coefficient (Wildman–Crippen LogP) is 9.99. The Labute approximate surface area is 427 Å². The fourth-order valence-corrected chi connectivity index (χ4v) is 12.4. The molecule has 0 spiro atoms. The van der Waals surface area contributed by atoms with Gasteiger partial charge in [0.15, 0.2) is 0 Å². The number of carbonyl (C=O) groups is 4. The smallest absolute Gasteiger partial charge is 0.407 e. The molecule has 17 nitrogen and oxygen atoms in total. The number of H-pyrrole nitrogens is 2. The molecule has 386 valence electrons. The van der Waals surface area contributed by atoms with Crippen molar-refractivity contribution in [1.82, 2.24) is 44.9 Å². The number of imidazole rings is 2. The highest BCUT2D eigenvalue weighted by Crippen LogP contribution is 2.49. The van der Waals surface area contributed by atoms with Crippen LogP contribution in [0.4, 0.5) is 14.0 Å². The third kappa shape index (κ3) is 9.57. The van der Waals surface area contributed by atoms with E-state index in [9.17, 15) is 19.2 Å². The monoisotopic (exact) mass is 1020 g/mol. The van der Waals surface area contributed by atoms with Crippen molar-refractivity contribution in [3.63, 3.8) is 0 Å². The fourth-order valence-electron chi connectivity index (χ4n) is 11.4. The number of methoxy groups -OCH3 is 2. The zero-order valence-electron chi connectivity index (χ0n) is 42.5. The van der Waals surface area contributed by atoms with E-state index in [1.165, 1.54) is 25.2 Å². The first-order chi connectivity index (χ1) is 35.1. The van der Waals surface area contributed by atoms with E-state index >= 15 is 4.39 Å². The number of carbonyl (C=O) groups excluding carboxylic acids is 4. The molecule has 19 heteroatoms.